The summed E-state index contributed by atoms with van der Waals surface area (Å²) in [6.45, 7) is 5.57. The van der Waals surface area contributed by atoms with Gasteiger partial charge in [-0.1, -0.05) is 42.5 Å². The lowest BCUT2D eigenvalue weighted by atomic mass is 10.0. The molecule has 0 bridgehead atoms. The van der Waals surface area contributed by atoms with Crippen LogP contribution in [0.25, 0.3) is 5.69 Å². The number of carbonyl (C=O) groups is 1. The minimum atomic E-state index is -0.0566. The summed E-state index contributed by atoms with van der Waals surface area (Å²) in [6, 6.07) is 25.9. The SMILES string of the molecule is CCN(Cc1nn(-c2ccccc2)c2c1CN(Cc1ccc(OC)cc1)CC2)C(=O)c1ccccc1OC. The highest BCUT2D eigenvalue weighted by molar-refractivity contribution is 5.96. The quantitative estimate of drug-likeness (QED) is 0.313. The fourth-order valence-corrected chi connectivity index (χ4v) is 5.08. The number of para-hydroxylation sites is 2. The van der Waals surface area contributed by atoms with E-state index in [-0.39, 0.29) is 5.91 Å². The van der Waals surface area contributed by atoms with Crippen molar-refractivity contribution in [2.75, 3.05) is 27.3 Å². The van der Waals surface area contributed by atoms with E-state index in [9.17, 15) is 4.79 Å². The van der Waals surface area contributed by atoms with Crippen molar-refractivity contribution in [2.24, 2.45) is 0 Å². The number of fused-ring (bicyclic) bond motifs is 1. The number of benzene rings is 3. The van der Waals surface area contributed by atoms with E-state index in [1.54, 1.807) is 14.2 Å². The van der Waals surface area contributed by atoms with Crippen molar-refractivity contribution in [3.8, 4) is 17.2 Å². The highest BCUT2D eigenvalue weighted by Crippen LogP contribution is 2.28. The molecule has 0 aliphatic carbocycles. The van der Waals surface area contributed by atoms with Crippen molar-refractivity contribution in [3.05, 3.63) is 107 Å². The second-order valence-corrected chi connectivity index (χ2v) is 9.45. The summed E-state index contributed by atoms with van der Waals surface area (Å²) < 4.78 is 12.8. The van der Waals surface area contributed by atoms with Gasteiger partial charge in [0.1, 0.15) is 11.5 Å². The first-order valence-corrected chi connectivity index (χ1v) is 13.0. The molecule has 0 radical (unpaired) electrons. The molecule has 0 unspecified atom stereocenters. The summed E-state index contributed by atoms with van der Waals surface area (Å²) in [6.07, 6.45) is 0.889. The average molecular weight is 511 g/mol. The van der Waals surface area contributed by atoms with Gasteiger partial charge >= 0.3 is 0 Å². The van der Waals surface area contributed by atoms with Crippen LogP contribution in [0, 0.1) is 0 Å². The van der Waals surface area contributed by atoms with E-state index >= 15 is 0 Å². The third kappa shape index (κ3) is 5.29. The first kappa shape index (κ1) is 25.5. The molecule has 0 saturated heterocycles. The summed E-state index contributed by atoms with van der Waals surface area (Å²) in [4.78, 5) is 17.8. The fraction of sp³-hybridized carbons (Fsp3) is 0.290. The smallest absolute Gasteiger partial charge is 0.257 e. The van der Waals surface area contributed by atoms with E-state index in [1.807, 2.05) is 66.4 Å². The molecule has 7 heteroatoms. The maximum atomic E-state index is 13.6. The van der Waals surface area contributed by atoms with Crippen molar-refractivity contribution in [1.82, 2.24) is 19.6 Å². The molecule has 38 heavy (non-hydrogen) atoms. The predicted octanol–water partition coefficient (Wildman–Crippen LogP) is 5.11. The molecule has 3 aromatic carbocycles. The van der Waals surface area contributed by atoms with Crippen LogP contribution in [0.1, 0.15) is 39.8 Å². The zero-order valence-corrected chi connectivity index (χ0v) is 22.3. The van der Waals surface area contributed by atoms with Gasteiger partial charge in [0.05, 0.1) is 43.4 Å². The molecule has 1 amide bonds. The standard InChI is InChI=1S/C31H34N4O3/c1-4-34(31(36)26-12-8-9-13-30(26)38-3)22-28-27-21-33(20-23-14-16-25(37-2)17-15-23)19-18-29(27)35(32-28)24-10-6-5-7-11-24/h5-17H,4,18-22H2,1-3H3. The number of methoxy groups -OCH3 is 2. The Balaban J connectivity index is 1.45. The Kier molecular flexibility index (Phi) is 7.75. The molecule has 1 aliphatic heterocycles. The molecule has 0 fully saturated rings. The van der Waals surface area contributed by atoms with Crippen molar-refractivity contribution in [2.45, 2.75) is 33.0 Å². The fourth-order valence-electron chi connectivity index (χ4n) is 5.08. The Bertz CT molecular complexity index is 1380. The van der Waals surface area contributed by atoms with Crippen molar-refractivity contribution >= 4 is 5.91 Å². The first-order valence-electron chi connectivity index (χ1n) is 13.0. The molecule has 1 aromatic heterocycles. The predicted molar refractivity (Wildman–Crippen MR) is 148 cm³/mol. The van der Waals surface area contributed by atoms with Crippen LogP contribution < -0.4 is 9.47 Å². The highest BCUT2D eigenvalue weighted by atomic mass is 16.5. The molecule has 7 nitrogen and oxygen atoms in total. The van der Waals surface area contributed by atoms with Crippen molar-refractivity contribution < 1.29 is 14.3 Å². The Morgan fingerprint density at radius 1 is 0.947 bits per heavy atom. The zero-order chi connectivity index (χ0) is 26.5. The Hall–Kier alpha value is -4.10. The molecule has 0 spiro atoms. The molecule has 0 saturated carbocycles. The van der Waals surface area contributed by atoms with Crippen LogP contribution in [0.5, 0.6) is 11.5 Å². The van der Waals surface area contributed by atoms with Crippen LogP contribution in [-0.2, 0) is 26.1 Å². The van der Waals surface area contributed by atoms with E-state index in [0.29, 0.717) is 24.4 Å². The van der Waals surface area contributed by atoms with Gasteiger partial charge < -0.3 is 14.4 Å². The molecular formula is C31H34N4O3. The Labute approximate surface area is 224 Å². The maximum Gasteiger partial charge on any atom is 0.257 e. The van der Waals surface area contributed by atoms with E-state index in [2.05, 4.69) is 33.8 Å². The number of amides is 1. The van der Waals surface area contributed by atoms with Gasteiger partial charge in [-0.25, -0.2) is 4.68 Å². The van der Waals surface area contributed by atoms with Crippen molar-refractivity contribution in [3.63, 3.8) is 0 Å². The summed E-state index contributed by atoms with van der Waals surface area (Å²) in [5, 5.41) is 5.08. The van der Waals surface area contributed by atoms with Gasteiger partial charge in [-0.15, -0.1) is 0 Å². The third-order valence-electron chi connectivity index (χ3n) is 7.13. The number of rotatable bonds is 9. The lowest BCUT2D eigenvalue weighted by molar-refractivity contribution is 0.0746. The molecule has 2 heterocycles. The van der Waals surface area contributed by atoms with Crippen molar-refractivity contribution in [1.29, 1.82) is 0 Å². The molecule has 5 rings (SSSR count). The van der Waals surface area contributed by atoms with Gasteiger partial charge in [0, 0.05) is 38.2 Å². The molecule has 1 aliphatic rings. The second kappa shape index (κ2) is 11.5. The second-order valence-electron chi connectivity index (χ2n) is 9.45. The number of ether oxygens (including phenoxy) is 2. The highest BCUT2D eigenvalue weighted by Gasteiger charge is 2.28. The first-order chi connectivity index (χ1) is 18.6. The molecule has 0 atom stereocenters. The zero-order valence-electron chi connectivity index (χ0n) is 22.3. The Morgan fingerprint density at radius 3 is 2.39 bits per heavy atom. The largest absolute Gasteiger partial charge is 0.497 e. The molecule has 0 N–H and O–H groups in total. The normalized spacial score (nSPS) is 13.1. The monoisotopic (exact) mass is 510 g/mol. The van der Waals surface area contributed by atoms with Gasteiger partial charge in [0.15, 0.2) is 0 Å². The topological polar surface area (TPSA) is 59.8 Å². The number of hydrogen-bond acceptors (Lipinski definition) is 5. The summed E-state index contributed by atoms with van der Waals surface area (Å²) >= 11 is 0. The molecular weight excluding hydrogens is 476 g/mol. The maximum absolute atomic E-state index is 13.6. The lowest BCUT2D eigenvalue weighted by Crippen LogP contribution is -2.33. The van der Waals surface area contributed by atoms with Gasteiger partial charge in [-0.2, -0.15) is 5.10 Å². The Morgan fingerprint density at radius 2 is 1.68 bits per heavy atom. The van der Waals surface area contributed by atoms with Crippen LogP contribution in [0.3, 0.4) is 0 Å². The molecule has 196 valence electrons. The van der Waals surface area contributed by atoms with Crippen LogP contribution in [0.4, 0.5) is 0 Å². The van der Waals surface area contributed by atoms with E-state index in [0.717, 1.165) is 43.2 Å². The van der Waals surface area contributed by atoms with Crippen LogP contribution in [0.2, 0.25) is 0 Å². The van der Waals surface area contributed by atoms with Gasteiger partial charge in [-0.05, 0) is 48.9 Å². The number of hydrogen-bond donors (Lipinski definition) is 0. The van der Waals surface area contributed by atoms with Crippen LogP contribution >= 0.6 is 0 Å². The minimum absolute atomic E-state index is 0.0566. The van der Waals surface area contributed by atoms with E-state index in [1.165, 1.54) is 16.8 Å². The number of carbonyl (C=O) groups excluding carboxylic acids is 1. The van der Waals surface area contributed by atoms with Gasteiger partial charge in [0.2, 0.25) is 0 Å². The number of aromatic nitrogens is 2. The van der Waals surface area contributed by atoms with E-state index in [4.69, 9.17) is 14.6 Å². The lowest BCUT2D eigenvalue weighted by Gasteiger charge is -2.28. The third-order valence-corrected chi connectivity index (χ3v) is 7.13. The average Bonchev–Trinajstić information content (AvgIpc) is 3.33. The summed E-state index contributed by atoms with van der Waals surface area (Å²) in [7, 11) is 3.28. The van der Waals surface area contributed by atoms with Gasteiger partial charge in [-0.3, -0.25) is 9.69 Å². The summed E-state index contributed by atoms with van der Waals surface area (Å²) in [5.74, 6) is 1.39. The van der Waals surface area contributed by atoms with Gasteiger partial charge in [0.25, 0.3) is 5.91 Å². The number of nitrogens with zero attached hydrogens (tertiary/aromatic N) is 4. The summed E-state index contributed by atoms with van der Waals surface area (Å²) in [5.41, 5.74) is 6.21. The molecule has 4 aromatic rings. The van der Waals surface area contributed by atoms with Crippen LogP contribution in [-0.4, -0.2) is 52.8 Å². The van der Waals surface area contributed by atoms with E-state index < -0.39 is 0 Å². The van der Waals surface area contributed by atoms with Crippen LogP contribution in [0.15, 0.2) is 78.9 Å². The minimum Gasteiger partial charge on any atom is -0.497 e.